The van der Waals surface area contributed by atoms with Gasteiger partial charge in [0.2, 0.25) is 0 Å². The van der Waals surface area contributed by atoms with Crippen LogP contribution in [-0.4, -0.2) is 81.6 Å². The summed E-state index contributed by atoms with van der Waals surface area (Å²) in [6.07, 6.45) is 11.1. The Labute approximate surface area is 193 Å². The van der Waals surface area contributed by atoms with Crippen LogP contribution in [0.2, 0.25) is 0 Å². The minimum Gasteiger partial charge on any atom is -0.394 e. The summed E-state index contributed by atoms with van der Waals surface area (Å²) in [5.74, 6) is 0. The Kier molecular flexibility index (Phi) is 16.4. The number of nitrogens with two attached hydrogens (primary N) is 1. The van der Waals surface area contributed by atoms with Gasteiger partial charge in [0.1, 0.15) is 24.4 Å². The fourth-order valence-electron chi connectivity index (χ4n) is 3.81. The van der Waals surface area contributed by atoms with Crippen LogP contribution >= 0.6 is 0 Å². The highest BCUT2D eigenvalue weighted by Gasteiger charge is 2.44. The molecule has 0 aromatic carbocycles. The lowest BCUT2D eigenvalue weighted by atomic mass is 9.99. The van der Waals surface area contributed by atoms with Gasteiger partial charge in [-0.2, -0.15) is 0 Å². The first kappa shape index (κ1) is 29.5. The SMILES string of the molecule is CCCCCCCCCCCCCC=C[C@@H](O)C(N)CO[C@@H]1O[C@H](CO)[C@@H](O)[C@H](O)[C@@H]1O. The summed E-state index contributed by atoms with van der Waals surface area (Å²) >= 11 is 0. The van der Waals surface area contributed by atoms with Crippen molar-refractivity contribution in [2.75, 3.05) is 13.2 Å². The average Bonchev–Trinajstić information content (AvgIpc) is 2.79. The molecule has 1 aliphatic heterocycles. The molecule has 1 unspecified atom stereocenters. The van der Waals surface area contributed by atoms with Gasteiger partial charge in [-0.05, 0) is 12.8 Å². The van der Waals surface area contributed by atoms with Gasteiger partial charge in [0.25, 0.3) is 0 Å². The summed E-state index contributed by atoms with van der Waals surface area (Å²) in [6, 6.07) is -0.740. The maximum atomic E-state index is 10.2. The Morgan fingerprint density at radius 3 is 2.00 bits per heavy atom. The van der Waals surface area contributed by atoms with E-state index in [0.29, 0.717) is 0 Å². The zero-order chi connectivity index (χ0) is 23.8. The Bertz CT molecular complexity index is 477. The minimum absolute atomic E-state index is 0.118. The van der Waals surface area contributed by atoms with Gasteiger partial charge >= 0.3 is 0 Å². The predicted octanol–water partition coefficient (Wildman–Crippen LogP) is 1.75. The molecule has 0 aromatic heterocycles. The number of aliphatic hydroxyl groups is 5. The molecular formula is C24H47NO7. The highest BCUT2D eigenvalue weighted by Crippen LogP contribution is 2.22. The third-order valence-corrected chi connectivity index (χ3v) is 6.05. The highest BCUT2D eigenvalue weighted by molar-refractivity contribution is 4.94. The van der Waals surface area contributed by atoms with Crippen molar-refractivity contribution >= 4 is 0 Å². The fraction of sp³-hybridized carbons (Fsp3) is 0.917. The Hall–Kier alpha value is -0.580. The molecule has 1 heterocycles. The maximum absolute atomic E-state index is 10.2. The second kappa shape index (κ2) is 17.8. The van der Waals surface area contributed by atoms with Crippen LogP contribution in [0.1, 0.15) is 84.0 Å². The monoisotopic (exact) mass is 461 g/mol. The van der Waals surface area contributed by atoms with Crippen molar-refractivity contribution < 1.29 is 35.0 Å². The first-order valence-electron chi connectivity index (χ1n) is 12.4. The van der Waals surface area contributed by atoms with E-state index in [1.165, 1.54) is 64.2 Å². The normalized spacial score (nSPS) is 28.3. The van der Waals surface area contributed by atoms with Crippen LogP contribution in [-0.2, 0) is 9.47 Å². The highest BCUT2D eigenvalue weighted by atomic mass is 16.7. The van der Waals surface area contributed by atoms with Crippen LogP contribution in [0.15, 0.2) is 12.2 Å². The van der Waals surface area contributed by atoms with Crippen molar-refractivity contribution in [2.24, 2.45) is 5.73 Å². The maximum Gasteiger partial charge on any atom is 0.186 e. The molecule has 0 aromatic rings. The lowest BCUT2D eigenvalue weighted by Crippen LogP contribution is -2.59. The van der Waals surface area contributed by atoms with Gasteiger partial charge in [0, 0.05) is 0 Å². The minimum atomic E-state index is -1.50. The zero-order valence-electron chi connectivity index (χ0n) is 19.7. The van der Waals surface area contributed by atoms with Crippen molar-refractivity contribution in [3.63, 3.8) is 0 Å². The number of hydrogen-bond acceptors (Lipinski definition) is 8. The largest absolute Gasteiger partial charge is 0.394 e. The molecule has 0 radical (unpaired) electrons. The van der Waals surface area contributed by atoms with E-state index in [1.54, 1.807) is 6.08 Å². The average molecular weight is 462 g/mol. The van der Waals surface area contributed by atoms with Gasteiger partial charge in [-0.15, -0.1) is 0 Å². The third kappa shape index (κ3) is 11.5. The van der Waals surface area contributed by atoms with E-state index in [2.05, 4.69) is 6.92 Å². The van der Waals surface area contributed by atoms with Gasteiger partial charge in [-0.3, -0.25) is 0 Å². The lowest BCUT2D eigenvalue weighted by Gasteiger charge is -2.39. The Morgan fingerprint density at radius 2 is 1.44 bits per heavy atom. The number of ether oxygens (including phenoxy) is 2. The molecule has 0 saturated carbocycles. The third-order valence-electron chi connectivity index (χ3n) is 6.05. The number of hydrogen-bond donors (Lipinski definition) is 6. The van der Waals surface area contributed by atoms with Crippen molar-refractivity contribution in [2.45, 2.75) is 127 Å². The Balaban J connectivity index is 2.10. The number of rotatable bonds is 18. The van der Waals surface area contributed by atoms with Crippen LogP contribution in [0.5, 0.6) is 0 Å². The molecule has 0 spiro atoms. The van der Waals surface area contributed by atoms with Gasteiger partial charge in [0.15, 0.2) is 6.29 Å². The summed E-state index contributed by atoms with van der Waals surface area (Å²) < 4.78 is 10.6. The van der Waals surface area contributed by atoms with Crippen LogP contribution < -0.4 is 5.73 Å². The van der Waals surface area contributed by atoms with Crippen LogP contribution in [0, 0.1) is 0 Å². The first-order valence-corrected chi connectivity index (χ1v) is 12.4. The standard InChI is InChI=1S/C24H47NO7/c1-2-3-4-5-6-7-8-9-10-11-12-13-14-15-19(27)18(25)17-31-24-23(30)22(29)21(28)20(16-26)32-24/h14-15,18-24,26-30H,2-13,16-17,25H2,1H3/t18?,19-,20-,21-,22+,23+,24-/m1/s1. The van der Waals surface area contributed by atoms with Gasteiger partial charge < -0.3 is 40.7 Å². The quantitative estimate of drug-likeness (QED) is 0.134. The van der Waals surface area contributed by atoms with E-state index in [-0.39, 0.29) is 6.61 Å². The molecular weight excluding hydrogens is 414 g/mol. The number of unbranched alkanes of at least 4 members (excludes halogenated alkanes) is 11. The van der Waals surface area contributed by atoms with Crippen molar-refractivity contribution in [3.8, 4) is 0 Å². The molecule has 7 atom stereocenters. The zero-order valence-corrected chi connectivity index (χ0v) is 19.7. The molecule has 1 rings (SSSR count). The van der Waals surface area contributed by atoms with Gasteiger partial charge in [-0.1, -0.05) is 83.3 Å². The first-order chi connectivity index (χ1) is 15.4. The second-order valence-corrected chi connectivity index (χ2v) is 8.94. The van der Waals surface area contributed by atoms with Crippen molar-refractivity contribution in [1.82, 2.24) is 0 Å². The molecule has 8 heteroatoms. The molecule has 0 bridgehead atoms. The predicted molar refractivity (Wildman–Crippen MR) is 124 cm³/mol. The molecule has 7 N–H and O–H groups in total. The van der Waals surface area contributed by atoms with E-state index in [0.717, 1.165) is 12.8 Å². The number of allylic oxidation sites excluding steroid dienone is 1. The topological polar surface area (TPSA) is 146 Å². The van der Waals surface area contributed by atoms with E-state index >= 15 is 0 Å². The molecule has 190 valence electrons. The Morgan fingerprint density at radius 1 is 0.875 bits per heavy atom. The van der Waals surface area contributed by atoms with Gasteiger partial charge in [0.05, 0.1) is 25.4 Å². The van der Waals surface area contributed by atoms with E-state index in [9.17, 15) is 25.5 Å². The van der Waals surface area contributed by atoms with E-state index in [1.807, 2.05) is 6.08 Å². The number of aliphatic hydroxyl groups excluding tert-OH is 5. The smallest absolute Gasteiger partial charge is 0.186 e. The van der Waals surface area contributed by atoms with Crippen LogP contribution in [0.3, 0.4) is 0 Å². The summed E-state index contributed by atoms with van der Waals surface area (Å²) in [5.41, 5.74) is 5.93. The molecule has 1 saturated heterocycles. The second-order valence-electron chi connectivity index (χ2n) is 8.94. The van der Waals surface area contributed by atoms with Gasteiger partial charge in [-0.25, -0.2) is 0 Å². The van der Waals surface area contributed by atoms with Crippen molar-refractivity contribution in [1.29, 1.82) is 0 Å². The van der Waals surface area contributed by atoms with E-state index < -0.39 is 49.5 Å². The van der Waals surface area contributed by atoms with Crippen LogP contribution in [0.4, 0.5) is 0 Å². The van der Waals surface area contributed by atoms with Crippen LogP contribution in [0.25, 0.3) is 0 Å². The van der Waals surface area contributed by atoms with E-state index in [4.69, 9.17) is 15.2 Å². The molecule has 32 heavy (non-hydrogen) atoms. The molecule has 1 aliphatic rings. The summed E-state index contributed by atoms with van der Waals surface area (Å²) in [4.78, 5) is 0. The fourth-order valence-corrected chi connectivity index (χ4v) is 3.81. The molecule has 0 aliphatic carbocycles. The molecule has 8 nitrogen and oxygen atoms in total. The summed E-state index contributed by atoms with van der Waals surface area (Å²) in [6.45, 7) is 1.60. The summed E-state index contributed by atoms with van der Waals surface area (Å²) in [7, 11) is 0. The van der Waals surface area contributed by atoms with Crippen molar-refractivity contribution in [3.05, 3.63) is 12.2 Å². The summed E-state index contributed by atoms with van der Waals surface area (Å²) in [5, 5.41) is 48.8. The lowest BCUT2D eigenvalue weighted by molar-refractivity contribution is -0.302. The molecule has 0 amide bonds. The molecule has 1 fully saturated rings.